The van der Waals surface area contributed by atoms with Crippen LogP contribution in [0.3, 0.4) is 0 Å². The molecule has 1 N–H and O–H groups in total. The molecule has 2 aliphatic rings. The first-order valence-electron chi connectivity index (χ1n) is 7.00. The molecule has 0 aromatic rings. The molecule has 4 unspecified atom stereocenters. The van der Waals surface area contributed by atoms with E-state index in [0.29, 0.717) is 17.6 Å². The fourth-order valence-corrected chi connectivity index (χ4v) is 4.26. The molecule has 0 spiro atoms. The van der Waals surface area contributed by atoms with Gasteiger partial charge in [0.25, 0.3) is 0 Å². The zero-order chi connectivity index (χ0) is 12.5. The minimum absolute atomic E-state index is 0.307. The van der Waals surface area contributed by atoms with E-state index in [4.69, 9.17) is 4.74 Å². The van der Waals surface area contributed by atoms with Crippen molar-refractivity contribution in [2.75, 3.05) is 12.9 Å². The second-order valence-corrected chi connectivity index (χ2v) is 7.11. The Morgan fingerprint density at radius 2 is 2.12 bits per heavy atom. The molecule has 2 rings (SSSR count). The molecule has 0 aliphatic heterocycles. The molecule has 0 heterocycles. The second-order valence-electron chi connectivity index (χ2n) is 6.03. The summed E-state index contributed by atoms with van der Waals surface area (Å²) >= 11 is 2.03. The van der Waals surface area contributed by atoms with E-state index < -0.39 is 0 Å². The number of rotatable bonds is 5. The van der Waals surface area contributed by atoms with Crippen molar-refractivity contribution in [3.63, 3.8) is 0 Å². The quantitative estimate of drug-likeness (QED) is 0.818. The van der Waals surface area contributed by atoms with Crippen molar-refractivity contribution in [1.82, 2.24) is 5.32 Å². The van der Waals surface area contributed by atoms with Crippen LogP contribution in [0.4, 0.5) is 0 Å². The van der Waals surface area contributed by atoms with Crippen LogP contribution in [0.1, 0.15) is 46.5 Å². The standard InChI is InChI=1S/C14H27NOS/c1-5-16-13-9-12(14(13,2)3)15-10-7-6-8-11(10)17-4/h10-13,15H,5-9H2,1-4H3. The van der Waals surface area contributed by atoms with Crippen molar-refractivity contribution < 1.29 is 4.74 Å². The summed E-state index contributed by atoms with van der Waals surface area (Å²) in [6.07, 6.45) is 8.04. The van der Waals surface area contributed by atoms with Gasteiger partial charge in [-0.15, -0.1) is 0 Å². The van der Waals surface area contributed by atoms with Crippen molar-refractivity contribution in [2.45, 2.75) is 69.9 Å². The zero-order valence-corrected chi connectivity index (χ0v) is 12.5. The van der Waals surface area contributed by atoms with E-state index in [1.165, 1.54) is 25.7 Å². The maximum atomic E-state index is 5.80. The lowest BCUT2D eigenvalue weighted by molar-refractivity contribution is -0.116. The Balaban J connectivity index is 1.85. The van der Waals surface area contributed by atoms with Crippen LogP contribution in [-0.4, -0.2) is 36.3 Å². The molecule has 17 heavy (non-hydrogen) atoms. The predicted molar refractivity (Wildman–Crippen MR) is 75.7 cm³/mol. The second kappa shape index (κ2) is 5.50. The third-order valence-electron chi connectivity index (χ3n) is 4.72. The molecule has 2 saturated carbocycles. The summed E-state index contributed by atoms with van der Waals surface area (Å²) in [5.74, 6) is 0. The maximum absolute atomic E-state index is 5.80. The van der Waals surface area contributed by atoms with Crippen LogP contribution in [0, 0.1) is 5.41 Å². The van der Waals surface area contributed by atoms with Crippen molar-refractivity contribution in [3.8, 4) is 0 Å². The summed E-state index contributed by atoms with van der Waals surface area (Å²) in [6, 6.07) is 1.38. The summed E-state index contributed by atoms with van der Waals surface area (Å²) in [5.41, 5.74) is 0.307. The molecule has 2 fully saturated rings. The fraction of sp³-hybridized carbons (Fsp3) is 1.00. The third-order valence-corrected chi connectivity index (χ3v) is 5.89. The number of nitrogens with one attached hydrogen (secondary N) is 1. The van der Waals surface area contributed by atoms with Gasteiger partial charge in [0.2, 0.25) is 0 Å². The summed E-state index contributed by atoms with van der Waals surface area (Å²) in [5, 5.41) is 4.72. The van der Waals surface area contributed by atoms with Gasteiger partial charge in [-0.1, -0.05) is 20.3 Å². The van der Waals surface area contributed by atoms with Gasteiger partial charge in [0.1, 0.15) is 0 Å². The average Bonchev–Trinajstić information content (AvgIpc) is 2.75. The molecular formula is C14H27NOS. The van der Waals surface area contributed by atoms with E-state index in [1.54, 1.807) is 0 Å². The Morgan fingerprint density at radius 1 is 1.35 bits per heavy atom. The van der Waals surface area contributed by atoms with E-state index in [9.17, 15) is 0 Å². The highest BCUT2D eigenvalue weighted by Crippen LogP contribution is 2.44. The van der Waals surface area contributed by atoms with Gasteiger partial charge in [-0.05, 0) is 32.4 Å². The molecule has 2 nitrogen and oxygen atoms in total. The first kappa shape index (κ1) is 13.7. The van der Waals surface area contributed by atoms with Crippen LogP contribution in [0.5, 0.6) is 0 Å². The lowest BCUT2D eigenvalue weighted by Crippen LogP contribution is -2.63. The van der Waals surface area contributed by atoms with Gasteiger partial charge in [0.15, 0.2) is 0 Å². The van der Waals surface area contributed by atoms with Gasteiger partial charge in [-0.2, -0.15) is 11.8 Å². The van der Waals surface area contributed by atoms with Gasteiger partial charge < -0.3 is 10.1 Å². The molecule has 100 valence electrons. The molecule has 0 saturated heterocycles. The first-order valence-corrected chi connectivity index (χ1v) is 8.28. The minimum Gasteiger partial charge on any atom is -0.378 e. The number of thioether (sulfide) groups is 1. The summed E-state index contributed by atoms with van der Waals surface area (Å²) in [6.45, 7) is 7.63. The van der Waals surface area contributed by atoms with Crippen molar-refractivity contribution in [2.24, 2.45) is 5.41 Å². The van der Waals surface area contributed by atoms with Crippen molar-refractivity contribution in [3.05, 3.63) is 0 Å². The molecular weight excluding hydrogens is 230 g/mol. The fourth-order valence-electron chi connectivity index (χ4n) is 3.31. The van der Waals surface area contributed by atoms with Crippen LogP contribution >= 0.6 is 11.8 Å². The molecule has 0 radical (unpaired) electrons. The van der Waals surface area contributed by atoms with E-state index in [1.807, 2.05) is 11.8 Å². The topological polar surface area (TPSA) is 21.3 Å². The Bertz CT molecular complexity index is 257. The molecule has 0 amide bonds. The molecule has 0 aromatic heterocycles. The summed E-state index contributed by atoms with van der Waals surface area (Å²) < 4.78 is 5.80. The Morgan fingerprint density at radius 3 is 2.71 bits per heavy atom. The Kier molecular flexibility index (Phi) is 4.43. The van der Waals surface area contributed by atoms with Crippen LogP contribution in [0.25, 0.3) is 0 Å². The van der Waals surface area contributed by atoms with Gasteiger partial charge in [0.05, 0.1) is 6.10 Å². The van der Waals surface area contributed by atoms with Crippen LogP contribution in [-0.2, 0) is 4.74 Å². The first-order chi connectivity index (χ1) is 8.09. The van der Waals surface area contributed by atoms with Gasteiger partial charge in [-0.3, -0.25) is 0 Å². The van der Waals surface area contributed by atoms with Crippen LogP contribution in [0.15, 0.2) is 0 Å². The molecule has 0 aromatic carbocycles. The lowest BCUT2D eigenvalue weighted by Gasteiger charge is -2.53. The normalized spacial score (nSPS) is 40.2. The molecule has 2 aliphatic carbocycles. The highest BCUT2D eigenvalue weighted by molar-refractivity contribution is 7.99. The van der Waals surface area contributed by atoms with E-state index in [0.717, 1.165) is 17.9 Å². The van der Waals surface area contributed by atoms with E-state index in [-0.39, 0.29) is 0 Å². The minimum atomic E-state index is 0.307. The summed E-state index contributed by atoms with van der Waals surface area (Å²) in [7, 11) is 0. The smallest absolute Gasteiger partial charge is 0.0655 e. The number of hydrogen-bond acceptors (Lipinski definition) is 3. The van der Waals surface area contributed by atoms with Crippen LogP contribution in [0.2, 0.25) is 0 Å². The maximum Gasteiger partial charge on any atom is 0.0655 e. The number of ether oxygens (including phenoxy) is 1. The summed E-state index contributed by atoms with van der Waals surface area (Å²) in [4.78, 5) is 0. The monoisotopic (exact) mass is 257 g/mol. The highest BCUT2D eigenvalue weighted by Gasteiger charge is 2.49. The molecule has 3 heteroatoms. The largest absolute Gasteiger partial charge is 0.378 e. The van der Waals surface area contributed by atoms with Gasteiger partial charge in [-0.25, -0.2) is 0 Å². The third kappa shape index (κ3) is 2.66. The van der Waals surface area contributed by atoms with Gasteiger partial charge in [0, 0.05) is 29.4 Å². The molecule has 4 atom stereocenters. The van der Waals surface area contributed by atoms with E-state index in [2.05, 4.69) is 32.3 Å². The van der Waals surface area contributed by atoms with Gasteiger partial charge >= 0.3 is 0 Å². The average molecular weight is 257 g/mol. The predicted octanol–water partition coefficient (Wildman–Crippen LogP) is 3.06. The number of hydrogen-bond donors (Lipinski definition) is 1. The van der Waals surface area contributed by atoms with Crippen molar-refractivity contribution in [1.29, 1.82) is 0 Å². The van der Waals surface area contributed by atoms with E-state index >= 15 is 0 Å². The Labute approximate surface area is 110 Å². The zero-order valence-electron chi connectivity index (χ0n) is 11.7. The molecule has 0 bridgehead atoms. The SMILES string of the molecule is CCOC1CC(NC2CCCC2SC)C1(C)C. The lowest BCUT2D eigenvalue weighted by atomic mass is 9.64. The Hall–Kier alpha value is 0.270. The van der Waals surface area contributed by atoms with Crippen LogP contribution < -0.4 is 5.32 Å². The highest BCUT2D eigenvalue weighted by atomic mass is 32.2. The van der Waals surface area contributed by atoms with Crippen molar-refractivity contribution >= 4 is 11.8 Å².